The van der Waals surface area contributed by atoms with Crippen molar-refractivity contribution in [3.05, 3.63) is 12.3 Å². The Morgan fingerprint density at radius 3 is 3.07 bits per heavy atom. The highest BCUT2D eigenvalue weighted by Crippen LogP contribution is 2.22. The van der Waals surface area contributed by atoms with E-state index in [9.17, 15) is 4.79 Å². The highest BCUT2D eigenvalue weighted by molar-refractivity contribution is 5.73. The number of aliphatic carboxylic acids is 1. The maximum Gasteiger partial charge on any atom is 0.322 e. The number of carbonyl (C=O) groups is 1. The van der Waals surface area contributed by atoms with E-state index in [1.165, 1.54) is 13.3 Å². The largest absolute Gasteiger partial charge is 0.493 e. The second kappa shape index (κ2) is 4.31. The van der Waals surface area contributed by atoms with Crippen molar-refractivity contribution in [2.45, 2.75) is 0 Å². The molecule has 76 valence electrons. The molecule has 0 saturated heterocycles. The molecule has 4 N–H and O–H groups in total. The van der Waals surface area contributed by atoms with E-state index in [2.05, 4.69) is 10.3 Å². The van der Waals surface area contributed by atoms with Crippen LogP contribution in [0.3, 0.4) is 0 Å². The van der Waals surface area contributed by atoms with Crippen LogP contribution in [-0.2, 0) is 4.79 Å². The van der Waals surface area contributed by atoms with Crippen molar-refractivity contribution >= 4 is 17.5 Å². The summed E-state index contributed by atoms with van der Waals surface area (Å²) < 4.78 is 4.96. The van der Waals surface area contributed by atoms with Gasteiger partial charge in [-0.15, -0.1) is 0 Å². The molecule has 0 aliphatic rings. The highest BCUT2D eigenvalue weighted by atomic mass is 16.5. The van der Waals surface area contributed by atoms with Crippen LogP contribution in [0.15, 0.2) is 12.3 Å². The van der Waals surface area contributed by atoms with Gasteiger partial charge in [-0.3, -0.25) is 4.79 Å². The summed E-state index contributed by atoms with van der Waals surface area (Å²) in [7, 11) is 1.46. The van der Waals surface area contributed by atoms with Crippen LogP contribution in [0, 0.1) is 0 Å². The lowest BCUT2D eigenvalue weighted by Gasteiger charge is -2.08. The first kappa shape index (κ1) is 10.1. The van der Waals surface area contributed by atoms with Crippen LogP contribution in [0.4, 0.5) is 11.5 Å². The van der Waals surface area contributed by atoms with Gasteiger partial charge in [-0.1, -0.05) is 0 Å². The number of ether oxygens (including phenoxy) is 1. The zero-order valence-corrected chi connectivity index (χ0v) is 7.65. The van der Waals surface area contributed by atoms with Gasteiger partial charge in [-0.05, 0) is 0 Å². The van der Waals surface area contributed by atoms with Crippen LogP contribution in [-0.4, -0.2) is 29.7 Å². The molecule has 6 nitrogen and oxygen atoms in total. The van der Waals surface area contributed by atoms with Crippen molar-refractivity contribution < 1.29 is 14.6 Å². The van der Waals surface area contributed by atoms with Gasteiger partial charge in [0.15, 0.2) is 11.6 Å². The maximum atomic E-state index is 10.3. The Hall–Kier alpha value is -1.98. The predicted octanol–water partition coefficient (Wildman–Crippen LogP) is 0.169. The number of nitrogen functional groups attached to an aromatic ring is 1. The Bertz CT molecular complexity index is 341. The summed E-state index contributed by atoms with van der Waals surface area (Å²) in [6.07, 6.45) is 1.42. The molecule has 1 rings (SSSR count). The Balaban J connectivity index is 2.80. The van der Waals surface area contributed by atoms with Crippen molar-refractivity contribution in [2.24, 2.45) is 0 Å². The molecule has 0 unspecified atom stereocenters. The average Bonchev–Trinajstić information content (AvgIpc) is 2.15. The number of carboxylic acid groups (broad SMARTS) is 1. The average molecular weight is 197 g/mol. The monoisotopic (exact) mass is 197 g/mol. The summed E-state index contributed by atoms with van der Waals surface area (Å²) in [6, 6.07) is 1.57. The van der Waals surface area contributed by atoms with E-state index in [4.69, 9.17) is 15.6 Å². The third-order valence-corrected chi connectivity index (χ3v) is 1.50. The summed E-state index contributed by atoms with van der Waals surface area (Å²) in [4.78, 5) is 14.2. The van der Waals surface area contributed by atoms with Gasteiger partial charge in [0.1, 0.15) is 6.54 Å². The van der Waals surface area contributed by atoms with E-state index in [-0.39, 0.29) is 6.54 Å². The second-order valence-corrected chi connectivity index (χ2v) is 2.57. The zero-order valence-electron chi connectivity index (χ0n) is 7.65. The van der Waals surface area contributed by atoms with Gasteiger partial charge in [0.2, 0.25) is 0 Å². The molecular formula is C8H11N3O3. The molecule has 0 aromatic carbocycles. The molecule has 0 fully saturated rings. The normalized spacial score (nSPS) is 9.50. The van der Waals surface area contributed by atoms with E-state index in [0.29, 0.717) is 17.3 Å². The zero-order chi connectivity index (χ0) is 10.6. The minimum atomic E-state index is -0.967. The molecule has 0 spiro atoms. The standard InChI is InChI=1S/C8H11N3O3/c1-14-6-2-5(9)3-10-8(6)11-4-7(12)13/h2-3H,4,9H2,1H3,(H,10,11)(H,12,13). The first-order valence-corrected chi connectivity index (χ1v) is 3.88. The van der Waals surface area contributed by atoms with Crippen LogP contribution < -0.4 is 15.8 Å². The Morgan fingerprint density at radius 1 is 1.79 bits per heavy atom. The van der Waals surface area contributed by atoms with Crippen LogP contribution in [0.1, 0.15) is 0 Å². The molecule has 0 saturated carbocycles. The van der Waals surface area contributed by atoms with Gasteiger partial charge in [-0.25, -0.2) is 4.98 Å². The van der Waals surface area contributed by atoms with Crippen molar-refractivity contribution in [1.29, 1.82) is 0 Å². The Labute approximate surface area is 80.7 Å². The SMILES string of the molecule is COc1cc(N)cnc1NCC(=O)O. The predicted molar refractivity (Wildman–Crippen MR) is 51.3 cm³/mol. The molecule has 1 aromatic heterocycles. The van der Waals surface area contributed by atoms with Gasteiger partial charge in [0.25, 0.3) is 0 Å². The molecule has 14 heavy (non-hydrogen) atoms. The van der Waals surface area contributed by atoms with Crippen LogP contribution in [0.25, 0.3) is 0 Å². The summed E-state index contributed by atoms with van der Waals surface area (Å²) in [5, 5.41) is 11.0. The number of hydrogen-bond acceptors (Lipinski definition) is 5. The van der Waals surface area contributed by atoms with Gasteiger partial charge in [0.05, 0.1) is 19.0 Å². The molecule has 1 aromatic rings. The summed E-state index contributed by atoms with van der Waals surface area (Å²) in [5.74, 6) is -0.180. The van der Waals surface area contributed by atoms with E-state index in [1.54, 1.807) is 6.07 Å². The lowest BCUT2D eigenvalue weighted by atomic mass is 10.4. The molecule has 0 aliphatic heterocycles. The number of pyridine rings is 1. The summed E-state index contributed by atoms with van der Waals surface area (Å²) in [6.45, 7) is -0.215. The lowest BCUT2D eigenvalue weighted by Crippen LogP contribution is -2.14. The third kappa shape index (κ3) is 2.51. The fourth-order valence-corrected chi connectivity index (χ4v) is 0.907. The van der Waals surface area contributed by atoms with E-state index < -0.39 is 5.97 Å². The number of hydrogen-bond donors (Lipinski definition) is 3. The minimum absolute atomic E-state index is 0.215. The number of carboxylic acids is 1. The molecule has 6 heteroatoms. The quantitative estimate of drug-likeness (QED) is 0.636. The number of nitrogens with two attached hydrogens (primary N) is 1. The summed E-state index contributed by atoms with van der Waals surface area (Å²) in [5.41, 5.74) is 5.93. The highest BCUT2D eigenvalue weighted by Gasteiger charge is 2.05. The van der Waals surface area contributed by atoms with Crippen molar-refractivity contribution in [1.82, 2.24) is 4.98 Å². The Morgan fingerprint density at radius 2 is 2.50 bits per heavy atom. The van der Waals surface area contributed by atoms with Gasteiger partial charge in [-0.2, -0.15) is 0 Å². The third-order valence-electron chi connectivity index (χ3n) is 1.50. The molecule has 0 aliphatic carbocycles. The number of methoxy groups -OCH3 is 1. The van der Waals surface area contributed by atoms with Gasteiger partial charge < -0.3 is 20.9 Å². The molecule has 0 bridgehead atoms. The number of anilines is 2. The smallest absolute Gasteiger partial charge is 0.322 e. The maximum absolute atomic E-state index is 10.3. The molecule has 0 radical (unpaired) electrons. The molecular weight excluding hydrogens is 186 g/mol. The minimum Gasteiger partial charge on any atom is -0.493 e. The topological polar surface area (TPSA) is 97.5 Å². The van der Waals surface area contributed by atoms with Gasteiger partial charge >= 0.3 is 5.97 Å². The summed E-state index contributed by atoms with van der Waals surface area (Å²) >= 11 is 0. The van der Waals surface area contributed by atoms with Crippen LogP contribution >= 0.6 is 0 Å². The molecule has 0 amide bonds. The van der Waals surface area contributed by atoms with E-state index >= 15 is 0 Å². The number of nitrogens with zero attached hydrogens (tertiary/aromatic N) is 1. The number of rotatable bonds is 4. The number of aromatic nitrogens is 1. The fourth-order valence-electron chi connectivity index (χ4n) is 0.907. The number of nitrogens with one attached hydrogen (secondary N) is 1. The second-order valence-electron chi connectivity index (χ2n) is 2.57. The lowest BCUT2D eigenvalue weighted by molar-refractivity contribution is -0.134. The van der Waals surface area contributed by atoms with E-state index in [1.807, 2.05) is 0 Å². The van der Waals surface area contributed by atoms with Crippen molar-refractivity contribution in [3.8, 4) is 5.75 Å². The van der Waals surface area contributed by atoms with Gasteiger partial charge in [0, 0.05) is 6.07 Å². The van der Waals surface area contributed by atoms with E-state index in [0.717, 1.165) is 0 Å². The molecule has 1 heterocycles. The first-order chi connectivity index (χ1) is 6.63. The fraction of sp³-hybridized carbons (Fsp3) is 0.250. The Kier molecular flexibility index (Phi) is 3.11. The molecule has 0 atom stereocenters. The van der Waals surface area contributed by atoms with Crippen molar-refractivity contribution in [3.63, 3.8) is 0 Å². The van der Waals surface area contributed by atoms with Crippen molar-refractivity contribution in [2.75, 3.05) is 24.7 Å². The first-order valence-electron chi connectivity index (χ1n) is 3.88. The van der Waals surface area contributed by atoms with Crippen LogP contribution in [0.2, 0.25) is 0 Å². The van der Waals surface area contributed by atoms with Crippen LogP contribution in [0.5, 0.6) is 5.75 Å².